The first kappa shape index (κ1) is 17.3. The summed E-state index contributed by atoms with van der Waals surface area (Å²) in [5.74, 6) is 1.75. The highest BCUT2D eigenvalue weighted by atomic mass is 15.2. The largest absolute Gasteiger partial charge is 0.317 e. The van der Waals surface area contributed by atoms with Crippen molar-refractivity contribution in [2.24, 2.45) is 17.3 Å². The van der Waals surface area contributed by atoms with Crippen molar-refractivity contribution in [3.05, 3.63) is 0 Å². The highest BCUT2D eigenvalue weighted by Gasteiger charge is 2.36. The fourth-order valence-corrected chi connectivity index (χ4v) is 4.70. The number of hydrogen-bond donors (Lipinski definition) is 1. The maximum Gasteiger partial charge on any atom is 0.0105 e. The zero-order valence-electron chi connectivity index (χ0n) is 15.1. The fourth-order valence-electron chi connectivity index (χ4n) is 4.70. The van der Waals surface area contributed by atoms with Crippen LogP contribution in [0.25, 0.3) is 0 Å². The van der Waals surface area contributed by atoms with E-state index < -0.39 is 0 Å². The Balaban J connectivity index is 1.99. The second kappa shape index (κ2) is 7.46. The van der Waals surface area contributed by atoms with E-state index in [1.807, 2.05) is 0 Å². The third-order valence-corrected chi connectivity index (χ3v) is 6.27. The van der Waals surface area contributed by atoms with Crippen LogP contribution in [0.2, 0.25) is 0 Å². The lowest BCUT2D eigenvalue weighted by atomic mass is 9.67. The van der Waals surface area contributed by atoms with Crippen molar-refractivity contribution in [3.8, 4) is 0 Å². The van der Waals surface area contributed by atoms with E-state index in [4.69, 9.17) is 0 Å². The van der Waals surface area contributed by atoms with Crippen molar-refractivity contribution in [1.82, 2.24) is 10.2 Å². The molecule has 0 bridgehead atoms. The Hall–Kier alpha value is -0.0800. The summed E-state index contributed by atoms with van der Waals surface area (Å²) in [6.07, 6.45) is 9.81. The molecular weight excluding hydrogens is 256 g/mol. The molecule has 0 aromatic rings. The zero-order valence-corrected chi connectivity index (χ0v) is 15.1. The van der Waals surface area contributed by atoms with Crippen molar-refractivity contribution in [2.45, 2.75) is 84.7 Å². The topological polar surface area (TPSA) is 15.3 Å². The molecule has 2 rings (SSSR count). The van der Waals surface area contributed by atoms with Crippen LogP contribution in [0, 0.1) is 17.3 Å². The first-order valence-electron chi connectivity index (χ1n) is 9.37. The Morgan fingerprint density at radius 1 is 1.10 bits per heavy atom. The van der Waals surface area contributed by atoms with Crippen molar-refractivity contribution in [2.75, 3.05) is 20.1 Å². The Kier molecular flexibility index (Phi) is 6.14. The molecule has 2 aliphatic rings. The Bertz CT molecular complexity index is 307. The van der Waals surface area contributed by atoms with Gasteiger partial charge in [-0.15, -0.1) is 0 Å². The molecule has 4 unspecified atom stereocenters. The molecular formula is C19H38N2. The molecule has 2 fully saturated rings. The van der Waals surface area contributed by atoms with Crippen molar-refractivity contribution >= 4 is 0 Å². The molecule has 124 valence electrons. The van der Waals surface area contributed by atoms with Gasteiger partial charge in [0, 0.05) is 18.6 Å². The molecule has 1 heterocycles. The van der Waals surface area contributed by atoms with Gasteiger partial charge in [0.15, 0.2) is 0 Å². The Labute approximate surface area is 133 Å². The highest BCUT2D eigenvalue weighted by molar-refractivity contribution is 4.91. The maximum absolute atomic E-state index is 3.62. The normalized spacial score (nSPS) is 35.9. The average Bonchev–Trinajstić information content (AvgIpc) is 2.47. The van der Waals surface area contributed by atoms with Gasteiger partial charge in [-0.2, -0.15) is 0 Å². The van der Waals surface area contributed by atoms with Gasteiger partial charge < -0.3 is 10.2 Å². The van der Waals surface area contributed by atoms with Crippen molar-refractivity contribution < 1.29 is 0 Å². The smallest absolute Gasteiger partial charge is 0.0105 e. The summed E-state index contributed by atoms with van der Waals surface area (Å²) in [5.41, 5.74) is 0.475. The van der Waals surface area contributed by atoms with E-state index in [-0.39, 0.29) is 0 Å². The zero-order chi connectivity index (χ0) is 15.5. The maximum atomic E-state index is 3.62. The van der Waals surface area contributed by atoms with Gasteiger partial charge in [-0.1, -0.05) is 34.1 Å². The lowest BCUT2D eigenvalue weighted by molar-refractivity contribution is 0.0607. The number of rotatable bonds is 4. The van der Waals surface area contributed by atoms with Crippen molar-refractivity contribution in [1.29, 1.82) is 0 Å². The van der Waals surface area contributed by atoms with Crippen LogP contribution < -0.4 is 5.32 Å². The molecule has 0 radical (unpaired) electrons. The second-order valence-electron chi connectivity index (χ2n) is 8.58. The molecule has 21 heavy (non-hydrogen) atoms. The molecule has 1 saturated carbocycles. The summed E-state index contributed by atoms with van der Waals surface area (Å²) < 4.78 is 0. The van der Waals surface area contributed by atoms with Crippen LogP contribution in [0.3, 0.4) is 0 Å². The number of likely N-dealkylation sites (tertiary alicyclic amines) is 1. The van der Waals surface area contributed by atoms with Crippen LogP contribution in [0.1, 0.15) is 72.6 Å². The van der Waals surface area contributed by atoms with E-state index in [9.17, 15) is 0 Å². The van der Waals surface area contributed by atoms with Crippen LogP contribution in [-0.2, 0) is 0 Å². The first-order chi connectivity index (χ1) is 9.95. The molecule has 0 aromatic carbocycles. The summed E-state index contributed by atoms with van der Waals surface area (Å²) in [6.45, 7) is 12.3. The predicted octanol–water partition coefficient (Wildman–Crippen LogP) is 4.30. The predicted molar refractivity (Wildman–Crippen MR) is 92.6 cm³/mol. The van der Waals surface area contributed by atoms with E-state index >= 15 is 0 Å². The summed E-state index contributed by atoms with van der Waals surface area (Å²) in [5, 5.41) is 3.62. The average molecular weight is 295 g/mol. The van der Waals surface area contributed by atoms with Gasteiger partial charge >= 0.3 is 0 Å². The minimum absolute atomic E-state index is 0.475. The SMILES string of the molecule is CCC1CCCCN1CC1CC(C(C)(C)C)CCC1NC. The van der Waals surface area contributed by atoms with Gasteiger partial charge in [0.1, 0.15) is 0 Å². The Morgan fingerprint density at radius 2 is 1.86 bits per heavy atom. The van der Waals surface area contributed by atoms with Gasteiger partial charge in [-0.05, 0) is 69.4 Å². The standard InChI is InChI=1S/C19H38N2/c1-6-17-9-7-8-12-21(17)14-15-13-16(19(2,3)4)10-11-18(15)20-5/h15-18,20H,6-14H2,1-5H3. The minimum Gasteiger partial charge on any atom is -0.317 e. The molecule has 2 heteroatoms. The molecule has 1 aliphatic carbocycles. The number of nitrogens with zero attached hydrogens (tertiary/aromatic N) is 1. The van der Waals surface area contributed by atoms with Crippen LogP contribution in [0.4, 0.5) is 0 Å². The molecule has 0 aromatic heterocycles. The molecule has 0 spiro atoms. The first-order valence-corrected chi connectivity index (χ1v) is 9.37. The third kappa shape index (κ3) is 4.45. The summed E-state index contributed by atoms with van der Waals surface area (Å²) in [6, 6.07) is 1.59. The monoisotopic (exact) mass is 294 g/mol. The lowest BCUT2D eigenvalue weighted by Crippen LogP contribution is -2.49. The van der Waals surface area contributed by atoms with Gasteiger partial charge in [-0.25, -0.2) is 0 Å². The van der Waals surface area contributed by atoms with E-state index in [1.54, 1.807) is 0 Å². The third-order valence-electron chi connectivity index (χ3n) is 6.27. The van der Waals surface area contributed by atoms with Gasteiger partial charge in [0.2, 0.25) is 0 Å². The summed E-state index contributed by atoms with van der Waals surface area (Å²) in [7, 11) is 2.17. The van der Waals surface area contributed by atoms with E-state index in [0.29, 0.717) is 5.41 Å². The molecule has 1 saturated heterocycles. The summed E-state index contributed by atoms with van der Waals surface area (Å²) in [4.78, 5) is 2.82. The lowest BCUT2D eigenvalue weighted by Gasteiger charge is -2.45. The molecule has 1 N–H and O–H groups in total. The van der Waals surface area contributed by atoms with Crippen LogP contribution in [0.15, 0.2) is 0 Å². The highest BCUT2D eigenvalue weighted by Crippen LogP contribution is 2.41. The van der Waals surface area contributed by atoms with Gasteiger partial charge in [-0.3, -0.25) is 0 Å². The number of nitrogens with one attached hydrogen (secondary N) is 1. The second-order valence-corrected chi connectivity index (χ2v) is 8.58. The number of hydrogen-bond acceptors (Lipinski definition) is 2. The van der Waals surface area contributed by atoms with E-state index in [2.05, 4.69) is 45.0 Å². The van der Waals surface area contributed by atoms with E-state index in [1.165, 1.54) is 58.0 Å². The van der Waals surface area contributed by atoms with E-state index in [0.717, 1.165) is 23.9 Å². The quantitative estimate of drug-likeness (QED) is 0.831. The fraction of sp³-hybridized carbons (Fsp3) is 1.00. The van der Waals surface area contributed by atoms with Crippen LogP contribution in [0.5, 0.6) is 0 Å². The minimum atomic E-state index is 0.475. The van der Waals surface area contributed by atoms with Gasteiger partial charge in [0.05, 0.1) is 0 Å². The number of piperidine rings is 1. The molecule has 2 nitrogen and oxygen atoms in total. The van der Waals surface area contributed by atoms with Crippen molar-refractivity contribution in [3.63, 3.8) is 0 Å². The summed E-state index contributed by atoms with van der Waals surface area (Å²) >= 11 is 0. The van der Waals surface area contributed by atoms with Crippen LogP contribution >= 0.6 is 0 Å². The molecule has 1 aliphatic heterocycles. The molecule has 0 amide bonds. The Morgan fingerprint density at radius 3 is 2.48 bits per heavy atom. The molecule has 4 atom stereocenters. The van der Waals surface area contributed by atoms with Gasteiger partial charge in [0.25, 0.3) is 0 Å². The van der Waals surface area contributed by atoms with Crippen LogP contribution in [-0.4, -0.2) is 37.1 Å².